The van der Waals surface area contributed by atoms with Gasteiger partial charge in [-0.2, -0.15) is 0 Å². The first kappa shape index (κ1) is 21.6. The van der Waals surface area contributed by atoms with Crippen LogP contribution in [0.5, 0.6) is 5.75 Å². The second-order valence-corrected chi connectivity index (χ2v) is 9.36. The summed E-state index contributed by atoms with van der Waals surface area (Å²) in [6.07, 6.45) is 2.59. The highest BCUT2D eigenvalue weighted by atomic mass is 31.1. The predicted octanol–water partition coefficient (Wildman–Crippen LogP) is 5.80. The molecule has 0 bridgehead atoms. The van der Waals surface area contributed by atoms with Gasteiger partial charge >= 0.3 is 0 Å². The molecule has 3 aromatic carbocycles. The predicted molar refractivity (Wildman–Crippen MR) is 125 cm³/mol. The summed E-state index contributed by atoms with van der Waals surface area (Å²) >= 11 is 0. The fourth-order valence-electron chi connectivity index (χ4n) is 4.09. The monoisotopic (exact) mass is 406 g/mol. The highest BCUT2D eigenvalue weighted by Crippen LogP contribution is 2.51. The number of aryl methyl sites for hydroxylation is 1. The van der Waals surface area contributed by atoms with E-state index < -0.39 is 0 Å². The van der Waals surface area contributed by atoms with Gasteiger partial charge in [0.15, 0.2) is 0 Å². The van der Waals surface area contributed by atoms with Crippen LogP contribution in [-0.4, -0.2) is 10.2 Å². The molecule has 29 heavy (non-hydrogen) atoms. The Hall–Kier alpha value is -2.15. The number of para-hydroxylation sites is 1. The van der Waals surface area contributed by atoms with Crippen LogP contribution in [0.25, 0.3) is 0 Å². The van der Waals surface area contributed by atoms with Crippen molar-refractivity contribution < 1.29 is 10.2 Å². The van der Waals surface area contributed by atoms with Gasteiger partial charge in [-0.25, -0.2) is 0 Å². The molecule has 3 rings (SSSR count). The van der Waals surface area contributed by atoms with Gasteiger partial charge in [0.05, 0.1) is 6.61 Å². The van der Waals surface area contributed by atoms with E-state index in [-0.39, 0.29) is 11.8 Å². The van der Waals surface area contributed by atoms with Crippen molar-refractivity contribution in [3.63, 3.8) is 0 Å². The zero-order chi connectivity index (χ0) is 20.9. The van der Waals surface area contributed by atoms with Gasteiger partial charge in [-0.05, 0) is 47.3 Å². The molecule has 2 N–H and O–H groups in total. The Bertz CT molecular complexity index is 946. The highest BCUT2D eigenvalue weighted by Gasteiger charge is 2.33. The maximum atomic E-state index is 11.3. The lowest BCUT2D eigenvalue weighted by Crippen LogP contribution is -2.24. The Morgan fingerprint density at radius 3 is 2.14 bits per heavy atom. The topological polar surface area (TPSA) is 40.5 Å². The SMILES string of the molecule is CCC(CC)(Pc1c(C)cccc1CO)c1cccc(Cc2ccccc2)c1O. The van der Waals surface area contributed by atoms with Crippen molar-refractivity contribution in [3.05, 3.63) is 94.5 Å². The van der Waals surface area contributed by atoms with Gasteiger partial charge in [0.25, 0.3) is 0 Å². The summed E-state index contributed by atoms with van der Waals surface area (Å²) in [6.45, 7) is 6.57. The minimum Gasteiger partial charge on any atom is -0.507 e. The van der Waals surface area contributed by atoms with E-state index in [1.165, 1.54) is 16.4 Å². The van der Waals surface area contributed by atoms with Crippen molar-refractivity contribution in [2.24, 2.45) is 0 Å². The molecule has 0 spiro atoms. The summed E-state index contributed by atoms with van der Waals surface area (Å²) in [5.41, 5.74) is 5.40. The highest BCUT2D eigenvalue weighted by molar-refractivity contribution is 7.48. The summed E-state index contributed by atoms with van der Waals surface area (Å²) in [6, 6.07) is 22.6. The minimum atomic E-state index is -0.146. The number of aliphatic hydroxyl groups excluding tert-OH is 1. The summed E-state index contributed by atoms with van der Waals surface area (Å²) in [7, 11) is 0.488. The van der Waals surface area contributed by atoms with Crippen LogP contribution in [0.2, 0.25) is 0 Å². The van der Waals surface area contributed by atoms with Crippen molar-refractivity contribution in [3.8, 4) is 5.75 Å². The lowest BCUT2D eigenvalue weighted by Gasteiger charge is -2.35. The van der Waals surface area contributed by atoms with Crippen molar-refractivity contribution in [1.29, 1.82) is 0 Å². The second-order valence-electron chi connectivity index (χ2n) is 7.66. The van der Waals surface area contributed by atoms with Gasteiger partial charge in [0.1, 0.15) is 5.75 Å². The third kappa shape index (κ3) is 4.55. The summed E-state index contributed by atoms with van der Waals surface area (Å²) in [5, 5.41) is 22.2. The quantitative estimate of drug-likeness (QED) is 0.464. The van der Waals surface area contributed by atoms with Crippen LogP contribution < -0.4 is 5.30 Å². The van der Waals surface area contributed by atoms with Crippen LogP contribution >= 0.6 is 8.58 Å². The van der Waals surface area contributed by atoms with Crippen molar-refractivity contribution in [2.75, 3.05) is 0 Å². The first-order valence-corrected chi connectivity index (χ1v) is 11.4. The number of aromatic hydroxyl groups is 1. The molecule has 1 unspecified atom stereocenters. The van der Waals surface area contributed by atoms with Crippen LogP contribution in [-0.2, 0) is 18.2 Å². The third-order valence-electron chi connectivity index (χ3n) is 5.97. The van der Waals surface area contributed by atoms with Gasteiger partial charge in [0, 0.05) is 17.1 Å². The number of hydrogen-bond acceptors (Lipinski definition) is 2. The minimum absolute atomic E-state index is 0.0492. The molecule has 0 aliphatic heterocycles. The normalized spacial score (nSPS) is 12.0. The van der Waals surface area contributed by atoms with Crippen LogP contribution in [0, 0.1) is 6.92 Å². The molecule has 0 amide bonds. The maximum absolute atomic E-state index is 11.3. The number of benzene rings is 3. The van der Waals surface area contributed by atoms with Gasteiger partial charge in [0.2, 0.25) is 0 Å². The van der Waals surface area contributed by atoms with Crippen molar-refractivity contribution in [2.45, 2.75) is 51.8 Å². The molecule has 152 valence electrons. The maximum Gasteiger partial charge on any atom is 0.123 e. The lowest BCUT2D eigenvalue weighted by molar-refractivity contribution is 0.283. The van der Waals surface area contributed by atoms with E-state index >= 15 is 0 Å². The zero-order valence-corrected chi connectivity index (χ0v) is 18.6. The average molecular weight is 407 g/mol. The third-order valence-corrected chi connectivity index (χ3v) is 8.39. The van der Waals surface area contributed by atoms with E-state index in [9.17, 15) is 10.2 Å². The van der Waals surface area contributed by atoms with Gasteiger partial charge < -0.3 is 10.2 Å². The molecule has 0 heterocycles. The lowest BCUT2D eigenvalue weighted by atomic mass is 9.89. The average Bonchev–Trinajstić information content (AvgIpc) is 2.75. The molecule has 1 atom stereocenters. The molecule has 0 radical (unpaired) electrons. The molecule has 0 aliphatic carbocycles. The summed E-state index contributed by atoms with van der Waals surface area (Å²) in [5.74, 6) is 0.423. The summed E-state index contributed by atoms with van der Waals surface area (Å²) < 4.78 is 0. The molecule has 0 saturated carbocycles. The van der Waals surface area contributed by atoms with Gasteiger partial charge in [-0.15, -0.1) is 0 Å². The Morgan fingerprint density at radius 2 is 1.48 bits per heavy atom. The Balaban J connectivity index is 2.04. The standard InChI is InChI=1S/C26H31O2P/c1-4-26(5-2,29-25-19(3)11-9-15-22(25)18-27)23-16-10-14-21(24(23)28)17-20-12-7-6-8-13-20/h6-16,27-29H,4-5,17-18H2,1-3H3. The molecular formula is C26H31O2P. The molecule has 0 saturated heterocycles. The Labute approximate surface area is 176 Å². The number of aliphatic hydroxyl groups is 1. The smallest absolute Gasteiger partial charge is 0.123 e. The van der Waals surface area contributed by atoms with E-state index in [1.807, 2.05) is 36.4 Å². The van der Waals surface area contributed by atoms with Gasteiger partial charge in [-0.3, -0.25) is 0 Å². The fourth-order valence-corrected chi connectivity index (χ4v) is 5.86. The van der Waals surface area contributed by atoms with Crippen LogP contribution in [0.1, 0.15) is 54.5 Å². The van der Waals surface area contributed by atoms with Crippen LogP contribution in [0.15, 0.2) is 66.7 Å². The molecular weight excluding hydrogens is 375 g/mol. The second kappa shape index (κ2) is 9.57. The van der Waals surface area contributed by atoms with Crippen molar-refractivity contribution in [1.82, 2.24) is 0 Å². The molecule has 0 aliphatic rings. The fraction of sp³-hybridized carbons (Fsp3) is 0.308. The van der Waals surface area contributed by atoms with E-state index in [0.717, 1.165) is 36.0 Å². The molecule has 3 aromatic rings. The van der Waals surface area contributed by atoms with Gasteiger partial charge in [-0.1, -0.05) is 89.2 Å². The van der Waals surface area contributed by atoms with E-state index in [1.54, 1.807) is 0 Å². The van der Waals surface area contributed by atoms with E-state index in [0.29, 0.717) is 14.3 Å². The van der Waals surface area contributed by atoms with Crippen LogP contribution in [0.4, 0.5) is 0 Å². The summed E-state index contributed by atoms with van der Waals surface area (Å²) in [4.78, 5) is 0. The largest absolute Gasteiger partial charge is 0.507 e. The van der Waals surface area contributed by atoms with E-state index in [4.69, 9.17) is 0 Å². The number of phenolic OH excluding ortho intramolecular Hbond substituents is 1. The van der Waals surface area contributed by atoms with Crippen molar-refractivity contribution >= 4 is 13.9 Å². The van der Waals surface area contributed by atoms with E-state index in [2.05, 4.69) is 51.1 Å². The number of phenols is 1. The number of rotatable bonds is 8. The molecule has 0 fully saturated rings. The number of hydrogen-bond donors (Lipinski definition) is 2. The zero-order valence-electron chi connectivity index (χ0n) is 17.6. The van der Waals surface area contributed by atoms with Crippen LogP contribution in [0.3, 0.4) is 0 Å². The Kier molecular flexibility index (Phi) is 7.11. The first-order chi connectivity index (χ1) is 14.0. The first-order valence-electron chi connectivity index (χ1n) is 10.4. The molecule has 3 heteroatoms. The molecule has 0 aromatic heterocycles. The Morgan fingerprint density at radius 1 is 0.828 bits per heavy atom. The molecule has 2 nitrogen and oxygen atoms in total.